The summed E-state index contributed by atoms with van der Waals surface area (Å²) in [5.41, 5.74) is 5.72. The molecule has 4 nitrogen and oxygen atoms in total. The van der Waals surface area contributed by atoms with Gasteiger partial charge in [-0.15, -0.1) is 0 Å². The maximum atomic E-state index is 12.1. The smallest absolute Gasteiger partial charge is 0.229 e. The van der Waals surface area contributed by atoms with E-state index >= 15 is 0 Å². The Kier molecular flexibility index (Phi) is 5.11. The minimum absolute atomic E-state index is 0.0587. The number of pyridine rings is 1. The Bertz CT molecular complexity index is 415. The SMILES string of the molecule is CC(C)(C)CC(CN)C(=O)Nc1cc(Cl)ccn1. The largest absolute Gasteiger partial charge is 0.330 e. The molecule has 1 aromatic rings. The number of nitrogens with zero attached hydrogens (tertiary/aromatic N) is 1. The molecule has 3 N–H and O–H groups in total. The summed E-state index contributed by atoms with van der Waals surface area (Å²) in [4.78, 5) is 16.1. The molecule has 0 bridgehead atoms. The molecule has 5 heteroatoms. The number of halogens is 1. The standard InChI is InChI=1S/C13H20ClN3O/c1-13(2,3)7-9(8-15)12(18)17-11-6-10(14)4-5-16-11/h4-6,9H,7-8,15H2,1-3H3,(H,16,17,18). The lowest BCUT2D eigenvalue weighted by atomic mass is 9.84. The minimum Gasteiger partial charge on any atom is -0.330 e. The van der Waals surface area contributed by atoms with Gasteiger partial charge in [0.25, 0.3) is 0 Å². The van der Waals surface area contributed by atoms with E-state index in [9.17, 15) is 4.79 Å². The molecule has 100 valence electrons. The van der Waals surface area contributed by atoms with Gasteiger partial charge in [0.05, 0.1) is 5.92 Å². The summed E-state index contributed by atoms with van der Waals surface area (Å²) in [6.07, 6.45) is 2.29. The second-order valence-electron chi connectivity index (χ2n) is 5.55. The van der Waals surface area contributed by atoms with Gasteiger partial charge in [0.15, 0.2) is 0 Å². The van der Waals surface area contributed by atoms with Crippen LogP contribution >= 0.6 is 11.6 Å². The summed E-state index contributed by atoms with van der Waals surface area (Å²) >= 11 is 5.83. The Morgan fingerprint density at radius 1 is 1.56 bits per heavy atom. The molecule has 0 aliphatic heterocycles. The van der Waals surface area contributed by atoms with Crippen LogP contribution in [0.5, 0.6) is 0 Å². The summed E-state index contributed by atoms with van der Waals surface area (Å²) < 4.78 is 0. The van der Waals surface area contributed by atoms with E-state index in [0.717, 1.165) is 6.42 Å². The first-order valence-electron chi connectivity index (χ1n) is 5.94. The first-order chi connectivity index (χ1) is 8.31. The molecule has 1 heterocycles. The van der Waals surface area contributed by atoms with Crippen LogP contribution in [-0.4, -0.2) is 17.4 Å². The van der Waals surface area contributed by atoms with Crippen LogP contribution in [0, 0.1) is 11.3 Å². The van der Waals surface area contributed by atoms with E-state index in [4.69, 9.17) is 17.3 Å². The van der Waals surface area contributed by atoms with Gasteiger partial charge < -0.3 is 11.1 Å². The van der Waals surface area contributed by atoms with Crippen LogP contribution in [0.25, 0.3) is 0 Å². The predicted molar refractivity (Wildman–Crippen MR) is 74.5 cm³/mol. The van der Waals surface area contributed by atoms with E-state index in [1.54, 1.807) is 18.3 Å². The summed E-state index contributed by atoms with van der Waals surface area (Å²) in [6, 6.07) is 3.27. The number of nitrogens with one attached hydrogen (secondary N) is 1. The average molecular weight is 270 g/mol. The van der Waals surface area contributed by atoms with E-state index < -0.39 is 0 Å². The number of amides is 1. The number of carbonyl (C=O) groups excluding carboxylic acids is 1. The van der Waals surface area contributed by atoms with Crippen LogP contribution in [0.1, 0.15) is 27.2 Å². The maximum Gasteiger partial charge on any atom is 0.229 e. The Labute approximate surface area is 113 Å². The Morgan fingerprint density at radius 2 is 2.22 bits per heavy atom. The molecule has 0 aromatic carbocycles. The third-order valence-electron chi connectivity index (χ3n) is 2.49. The third kappa shape index (κ3) is 5.02. The van der Waals surface area contributed by atoms with E-state index in [-0.39, 0.29) is 17.2 Å². The van der Waals surface area contributed by atoms with Crippen LogP contribution in [-0.2, 0) is 4.79 Å². The summed E-state index contributed by atoms with van der Waals surface area (Å²) in [5, 5.41) is 3.28. The Balaban J connectivity index is 2.68. The quantitative estimate of drug-likeness (QED) is 0.883. The highest BCUT2D eigenvalue weighted by Crippen LogP contribution is 2.24. The zero-order valence-electron chi connectivity index (χ0n) is 11.0. The van der Waals surface area contributed by atoms with Gasteiger partial charge in [0, 0.05) is 17.8 Å². The molecular weight excluding hydrogens is 250 g/mol. The zero-order valence-corrected chi connectivity index (χ0v) is 11.8. The van der Waals surface area contributed by atoms with E-state index in [1.165, 1.54) is 0 Å². The molecule has 0 fully saturated rings. The van der Waals surface area contributed by atoms with Crippen LogP contribution in [0.3, 0.4) is 0 Å². The molecule has 1 atom stereocenters. The second-order valence-corrected chi connectivity index (χ2v) is 5.98. The highest BCUT2D eigenvalue weighted by molar-refractivity contribution is 6.30. The van der Waals surface area contributed by atoms with Crippen LogP contribution in [0.4, 0.5) is 5.82 Å². The third-order valence-corrected chi connectivity index (χ3v) is 2.72. The van der Waals surface area contributed by atoms with Gasteiger partial charge >= 0.3 is 0 Å². The van der Waals surface area contributed by atoms with Crippen LogP contribution in [0.2, 0.25) is 5.02 Å². The molecule has 1 unspecified atom stereocenters. The molecule has 0 spiro atoms. The fourth-order valence-corrected chi connectivity index (χ4v) is 1.88. The van der Waals surface area contributed by atoms with Gasteiger partial charge in [-0.1, -0.05) is 32.4 Å². The molecule has 0 radical (unpaired) electrons. The maximum absolute atomic E-state index is 12.1. The van der Waals surface area contributed by atoms with Crippen molar-refractivity contribution in [2.75, 3.05) is 11.9 Å². The van der Waals surface area contributed by atoms with Crippen molar-refractivity contribution in [3.63, 3.8) is 0 Å². The number of hydrogen-bond donors (Lipinski definition) is 2. The first kappa shape index (κ1) is 14.9. The molecule has 0 aliphatic rings. The van der Waals surface area contributed by atoms with Crippen molar-refractivity contribution in [2.24, 2.45) is 17.1 Å². The number of hydrogen-bond acceptors (Lipinski definition) is 3. The zero-order chi connectivity index (χ0) is 13.8. The molecule has 1 rings (SSSR count). The Morgan fingerprint density at radius 3 is 2.72 bits per heavy atom. The Hall–Kier alpha value is -1.13. The van der Waals surface area contributed by atoms with E-state index in [0.29, 0.717) is 17.4 Å². The van der Waals surface area contributed by atoms with Crippen molar-refractivity contribution in [2.45, 2.75) is 27.2 Å². The van der Waals surface area contributed by atoms with Crippen molar-refractivity contribution in [1.82, 2.24) is 4.98 Å². The molecule has 1 aromatic heterocycles. The second kappa shape index (κ2) is 6.16. The van der Waals surface area contributed by atoms with Crippen molar-refractivity contribution in [1.29, 1.82) is 0 Å². The molecule has 0 saturated heterocycles. The van der Waals surface area contributed by atoms with Gasteiger partial charge in [-0.05, 0) is 24.0 Å². The van der Waals surface area contributed by atoms with Gasteiger partial charge in [-0.25, -0.2) is 4.98 Å². The summed E-state index contributed by atoms with van der Waals surface area (Å²) in [5.74, 6) is 0.132. The highest BCUT2D eigenvalue weighted by Gasteiger charge is 2.23. The van der Waals surface area contributed by atoms with Crippen LogP contribution in [0.15, 0.2) is 18.3 Å². The van der Waals surface area contributed by atoms with E-state index in [2.05, 4.69) is 31.1 Å². The topological polar surface area (TPSA) is 68.0 Å². The lowest BCUT2D eigenvalue weighted by molar-refractivity contribution is -0.120. The van der Waals surface area contributed by atoms with Gasteiger partial charge in [0.2, 0.25) is 5.91 Å². The van der Waals surface area contributed by atoms with Crippen molar-refractivity contribution in [3.8, 4) is 0 Å². The number of aromatic nitrogens is 1. The fourth-order valence-electron chi connectivity index (χ4n) is 1.72. The highest BCUT2D eigenvalue weighted by atomic mass is 35.5. The van der Waals surface area contributed by atoms with Crippen LogP contribution < -0.4 is 11.1 Å². The minimum atomic E-state index is -0.217. The number of anilines is 1. The monoisotopic (exact) mass is 269 g/mol. The molecule has 1 amide bonds. The molecule has 0 saturated carbocycles. The van der Waals surface area contributed by atoms with E-state index in [1.807, 2.05) is 0 Å². The van der Waals surface area contributed by atoms with Crippen molar-refractivity contribution >= 4 is 23.3 Å². The fraction of sp³-hybridized carbons (Fsp3) is 0.538. The molecular formula is C13H20ClN3O. The lowest BCUT2D eigenvalue weighted by Crippen LogP contribution is -2.32. The van der Waals surface area contributed by atoms with Gasteiger partial charge in [0.1, 0.15) is 5.82 Å². The van der Waals surface area contributed by atoms with Crippen molar-refractivity contribution < 1.29 is 4.79 Å². The normalized spacial score (nSPS) is 13.2. The lowest BCUT2D eigenvalue weighted by Gasteiger charge is -2.24. The molecule has 18 heavy (non-hydrogen) atoms. The van der Waals surface area contributed by atoms with Gasteiger partial charge in [-0.2, -0.15) is 0 Å². The number of rotatable bonds is 4. The summed E-state index contributed by atoms with van der Waals surface area (Å²) in [7, 11) is 0. The summed E-state index contributed by atoms with van der Waals surface area (Å²) in [6.45, 7) is 6.57. The molecule has 0 aliphatic carbocycles. The first-order valence-corrected chi connectivity index (χ1v) is 6.32. The predicted octanol–water partition coefficient (Wildman–Crippen LogP) is 2.68. The average Bonchev–Trinajstić information content (AvgIpc) is 2.24. The number of nitrogens with two attached hydrogens (primary N) is 1. The van der Waals surface area contributed by atoms with Crippen molar-refractivity contribution in [3.05, 3.63) is 23.4 Å². The number of carbonyl (C=O) groups is 1. The van der Waals surface area contributed by atoms with Gasteiger partial charge in [-0.3, -0.25) is 4.79 Å².